The normalized spacial score (nSPS) is 14.7. The van der Waals surface area contributed by atoms with Crippen LogP contribution in [0.5, 0.6) is 0 Å². The van der Waals surface area contributed by atoms with E-state index in [1.807, 2.05) is 77.7 Å². The fraction of sp³-hybridized carbons (Fsp3) is 0.172. The van der Waals surface area contributed by atoms with Crippen molar-refractivity contribution in [3.63, 3.8) is 0 Å². The van der Waals surface area contributed by atoms with Crippen molar-refractivity contribution in [3.8, 4) is 11.3 Å². The molecule has 5 heteroatoms. The Kier molecular flexibility index (Phi) is 6.70. The third kappa shape index (κ3) is 4.89. The van der Waals surface area contributed by atoms with Gasteiger partial charge in [-0.3, -0.25) is 9.69 Å². The summed E-state index contributed by atoms with van der Waals surface area (Å²) in [6.07, 6.45) is 4.34. The number of pyridine rings is 1. The van der Waals surface area contributed by atoms with Crippen LogP contribution in [0.3, 0.4) is 0 Å². The van der Waals surface area contributed by atoms with Crippen molar-refractivity contribution >= 4 is 34.5 Å². The standard InChI is InChI=1S/C29H26ClN3O/c30-26-14-6-4-13-24(26)28-21-25(23-12-5-7-15-27(23)31-28)29(34)33-19-17-32(18-20-33)16-8-11-22-9-2-1-3-10-22/h1-15,21H,16-20H2/b11-8+. The number of nitrogens with zero attached hydrogens (tertiary/aromatic N) is 3. The van der Waals surface area contributed by atoms with Crippen molar-refractivity contribution in [2.45, 2.75) is 0 Å². The largest absolute Gasteiger partial charge is 0.336 e. The molecule has 0 radical (unpaired) electrons. The van der Waals surface area contributed by atoms with Gasteiger partial charge in [-0.05, 0) is 23.8 Å². The van der Waals surface area contributed by atoms with Gasteiger partial charge in [-0.1, -0.05) is 90.5 Å². The fourth-order valence-corrected chi connectivity index (χ4v) is 4.60. The zero-order valence-electron chi connectivity index (χ0n) is 18.9. The van der Waals surface area contributed by atoms with E-state index < -0.39 is 0 Å². The Morgan fingerprint density at radius 3 is 2.38 bits per heavy atom. The van der Waals surface area contributed by atoms with Crippen molar-refractivity contribution in [1.82, 2.24) is 14.8 Å². The van der Waals surface area contributed by atoms with E-state index in [1.54, 1.807) is 0 Å². The Morgan fingerprint density at radius 2 is 1.59 bits per heavy atom. The highest BCUT2D eigenvalue weighted by Crippen LogP contribution is 2.30. The fourth-order valence-electron chi connectivity index (χ4n) is 4.37. The van der Waals surface area contributed by atoms with Crippen LogP contribution in [-0.2, 0) is 0 Å². The van der Waals surface area contributed by atoms with E-state index in [0.29, 0.717) is 23.7 Å². The van der Waals surface area contributed by atoms with Gasteiger partial charge in [0, 0.05) is 48.7 Å². The van der Waals surface area contributed by atoms with E-state index in [4.69, 9.17) is 16.6 Å². The number of carbonyl (C=O) groups is 1. The Labute approximate surface area is 205 Å². The number of fused-ring (bicyclic) bond motifs is 1. The number of aromatic nitrogens is 1. The number of rotatable bonds is 5. The average Bonchev–Trinajstić information content (AvgIpc) is 2.89. The topological polar surface area (TPSA) is 36.4 Å². The van der Waals surface area contributed by atoms with Crippen LogP contribution in [0.15, 0.2) is 91.0 Å². The van der Waals surface area contributed by atoms with E-state index in [0.717, 1.165) is 41.8 Å². The third-order valence-corrected chi connectivity index (χ3v) is 6.56. The maximum absolute atomic E-state index is 13.6. The van der Waals surface area contributed by atoms with Crippen molar-refractivity contribution < 1.29 is 4.79 Å². The zero-order valence-corrected chi connectivity index (χ0v) is 19.7. The van der Waals surface area contributed by atoms with Crippen molar-refractivity contribution in [1.29, 1.82) is 0 Å². The number of benzene rings is 3. The van der Waals surface area contributed by atoms with Gasteiger partial charge in [-0.25, -0.2) is 4.98 Å². The monoisotopic (exact) mass is 467 g/mol. The SMILES string of the molecule is O=C(c1cc(-c2ccccc2Cl)nc2ccccc12)N1CCN(C/C=C/c2ccccc2)CC1. The van der Waals surface area contributed by atoms with Crippen LogP contribution in [0.4, 0.5) is 0 Å². The van der Waals surface area contributed by atoms with E-state index in [1.165, 1.54) is 5.56 Å². The average molecular weight is 468 g/mol. The molecule has 1 aliphatic rings. The molecule has 5 rings (SSSR count). The lowest BCUT2D eigenvalue weighted by atomic mass is 10.0. The summed E-state index contributed by atoms with van der Waals surface area (Å²) in [5.41, 5.74) is 4.23. The van der Waals surface area contributed by atoms with Gasteiger partial charge >= 0.3 is 0 Å². The molecule has 0 saturated carbocycles. The second-order valence-electron chi connectivity index (χ2n) is 8.46. The molecule has 1 aromatic heterocycles. The lowest BCUT2D eigenvalue weighted by Gasteiger charge is -2.34. The number of para-hydroxylation sites is 1. The number of halogens is 1. The smallest absolute Gasteiger partial charge is 0.254 e. The Balaban J connectivity index is 1.33. The van der Waals surface area contributed by atoms with E-state index in [9.17, 15) is 4.79 Å². The van der Waals surface area contributed by atoms with Crippen molar-refractivity contribution in [2.75, 3.05) is 32.7 Å². The number of hydrogen-bond acceptors (Lipinski definition) is 3. The molecule has 1 aliphatic heterocycles. The van der Waals surface area contributed by atoms with E-state index in [2.05, 4.69) is 29.2 Å². The summed E-state index contributed by atoms with van der Waals surface area (Å²) in [6.45, 7) is 3.99. The summed E-state index contributed by atoms with van der Waals surface area (Å²) < 4.78 is 0. The van der Waals surface area contributed by atoms with Gasteiger partial charge < -0.3 is 4.90 Å². The molecule has 34 heavy (non-hydrogen) atoms. The van der Waals surface area contributed by atoms with E-state index in [-0.39, 0.29) is 5.91 Å². The maximum Gasteiger partial charge on any atom is 0.254 e. The van der Waals surface area contributed by atoms with Gasteiger partial charge in [0.05, 0.1) is 16.8 Å². The minimum absolute atomic E-state index is 0.0476. The first kappa shape index (κ1) is 22.3. The summed E-state index contributed by atoms with van der Waals surface area (Å²) in [5.74, 6) is 0.0476. The lowest BCUT2D eigenvalue weighted by Crippen LogP contribution is -2.48. The molecule has 0 N–H and O–H groups in total. The highest BCUT2D eigenvalue weighted by molar-refractivity contribution is 6.33. The lowest BCUT2D eigenvalue weighted by molar-refractivity contribution is 0.0652. The van der Waals surface area contributed by atoms with Crippen LogP contribution in [0.2, 0.25) is 5.02 Å². The summed E-state index contributed by atoms with van der Waals surface area (Å²) in [5, 5.41) is 1.50. The van der Waals surface area contributed by atoms with Crippen LogP contribution in [0.1, 0.15) is 15.9 Å². The van der Waals surface area contributed by atoms with Gasteiger partial charge in [0.1, 0.15) is 0 Å². The van der Waals surface area contributed by atoms with Crippen LogP contribution in [-0.4, -0.2) is 53.4 Å². The zero-order chi connectivity index (χ0) is 23.3. The molecule has 0 spiro atoms. The van der Waals surface area contributed by atoms with Gasteiger partial charge in [0.15, 0.2) is 0 Å². The molecule has 0 aliphatic carbocycles. The molecule has 2 heterocycles. The van der Waals surface area contributed by atoms with Crippen molar-refractivity contribution in [2.24, 2.45) is 0 Å². The molecule has 1 amide bonds. The second-order valence-corrected chi connectivity index (χ2v) is 8.87. The molecule has 4 aromatic rings. The molecule has 170 valence electrons. The molecule has 3 aromatic carbocycles. The molecule has 0 bridgehead atoms. The first-order chi connectivity index (χ1) is 16.7. The summed E-state index contributed by atoms with van der Waals surface area (Å²) in [7, 11) is 0. The molecule has 0 unspecified atom stereocenters. The highest BCUT2D eigenvalue weighted by Gasteiger charge is 2.24. The van der Waals surface area contributed by atoms with Crippen molar-refractivity contribution in [3.05, 3.63) is 107 Å². The Bertz CT molecular complexity index is 1330. The van der Waals surface area contributed by atoms with Gasteiger partial charge in [-0.15, -0.1) is 0 Å². The van der Waals surface area contributed by atoms with E-state index >= 15 is 0 Å². The van der Waals surface area contributed by atoms with Gasteiger partial charge in [0.25, 0.3) is 5.91 Å². The number of piperazine rings is 1. The van der Waals surface area contributed by atoms with Crippen LogP contribution >= 0.6 is 11.6 Å². The second kappa shape index (κ2) is 10.2. The molecular weight excluding hydrogens is 442 g/mol. The Hall–Kier alpha value is -3.47. The Morgan fingerprint density at radius 1 is 0.882 bits per heavy atom. The predicted molar refractivity (Wildman–Crippen MR) is 140 cm³/mol. The molecule has 1 fully saturated rings. The minimum atomic E-state index is 0.0476. The number of hydrogen-bond donors (Lipinski definition) is 0. The molecule has 0 atom stereocenters. The van der Waals surface area contributed by atoms with Crippen LogP contribution in [0.25, 0.3) is 28.2 Å². The minimum Gasteiger partial charge on any atom is -0.336 e. The van der Waals surface area contributed by atoms with Crippen LogP contribution < -0.4 is 0 Å². The van der Waals surface area contributed by atoms with Gasteiger partial charge in [0.2, 0.25) is 0 Å². The first-order valence-electron chi connectivity index (χ1n) is 11.6. The number of carbonyl (C=O) groups excluding carboxylic acids is 1. The molecule has 4 nitrogen and oxygen atoms in total. The predicted octanol–water partition coefficient (Wildman–Crippen LogP) is 6.03. The summed E-state index contributed by atoms with van der Waals surface area (Å²) in [4.78, 5) is 22.7. The first-order valence-corrected chi connectivity index (χ1v) is 11.9. The highest BCUT2D eigenvalue weighted by atomic mass is 35.5. The van der Waals surface area contributed by atoms with Gasteiger partial charge in [-0.2, -0.15) is 0 Å². The molecular formula is C29H26ClN3O. The maximum atomic E-state index is 13.6. The molecule has 1 saturated heterocycles. The third-order valence-electron chi connectivity index (χ3n) is 6.23. The quantitative estimate of drug-likeness (QED) is 0.359. The number of amides is 1. The van der Waals surface area contributed by atoms with Crippen LogP contribution in [0, 0.1) is 0 Å². The summed E-state index contributed by atoms with van der Waals surface area (Å²) >= 11 is 6.44. The summed E-state index contributed by atoms with van der Waals surface area (Å²) in [6, 6.07) is 27.6.